The van der Waals surface area contributed by atoms with Gasteiger partial charge in [-0.05, 0) is 79.4 Å². The quantitative estimate of drug-likeness (QED) is 0.328. The Balaban J connectivity index is 1.40. The highest BCUT2D eigenvalue weighted by Crippen LogP contribution is 2.65. The Morgan fingerprint density at radius 1 is 1.10 bits per heavy atom. The third-order valence-electron chi connectivity index (χ3n) is 9.57. The van der Waals surface area contributed by atoms with Gasteiger partial charge in [0.05, 0.1) is 0 Å². The van der Waals surface area contributed by atoms with Gasteiger partial charge in [0, 0.05) is 13.0 Å². The lowest BCUT2D eigenvalue weighted by atomic mass is 9.50. The maximum atomic E-state index is 12.3. The fourth-order valence-corrected chi connectivity index (χ4v) is 7.54. The molecule has 0 unspecified atom stereocenters. The molecule has 0 aliphatic heterocycles. The minimum atomic E-state index is -0.199. The molecule has 0 saturated heterocycles. The van der Waals surface area contributed by atoms with E-state index in [9.17, 15) is 4.79 Å². The second-order valence-corrected chi connectivity index (χ2v) is 11.7. The monoisotopic (exact) mass is 428 g/mol. The zero-order chi connectivity index (χ0) is 22.2. The molecule has 31 heavy (non-hydrogen) atoms. The molecule has 4 aliphatic carbocycles. The average Bonchev–Trinajstić information content (AvgIpc) is 3.07. The first-order valence-corrected chi connectivity index (χ1v) is 13.0. The summed E-state index contributed by atoms with van der Waals surface area (Å²) in [7, 11) is 0. The van der Waals surface area contributed by atoms with Crippen LogP contribution in [0.4, 0.5) is 0 Å². The molecule has 3 heteroatoms. The molecule has 0 N–H and O–H groups in total. The summed E-state index contributed by atoms with van der Waals surface area (Å²) in [6, 6.07) is 0. The number of allylic oxidation sites excluding steroid dienone is 3. The van der Waals surface area contributed by atoms with E-state index in [2.05, 4.69) is 46.8 Å². The van der Waals surface area contributed by atoms with Crippen molar-refractivity contribution < 1.29 is 14.3 Å². The number of carbonyl (C=O) groups excluding carboxylic acids is 1. The van der Waals surface area contributed by atoms with E-state index >= 15 is 0 Å². The van der Waals surface area contributed by atoms with Gasteiger partial charge in [-0.3, -0.25) is 0 Å². The van der Waals surface area contributed by atoms with Gasteiger partial charge in [-0.25, -0.2) is 4.79 Å². The van der Waals surface area contributed by atoms with Gasteiger partial charge in [0.1, 0.15) is 12.7 Å². The van der Waals surface area contributed by atoms with Crippen LogP contribution in [0, 0.1) is 34.5 Å². The van der Waals surface area contributed by atoms with Crippen molar-refractivity contribution in [3.05, 3.63) is 23.3 Å². The highest BCUT2D eigenvalue weighted by Gasteiger charge is 2.55. The normalized spacial score (nSPS) is 39.3. The molecule has 0 bridgehead atoms. The Labute approximate surface area is 190 Å². The van der Waals surface area contributed by atoms with Crippen molar-refractivity contribution >= 4 is 5.97 Å². The van der Waals surface area contributed by atoms with Crippen molar-refractivity contribution in [2.24, 2.45) is 34.5 Å². The summed E-state index contributed by atoms with van der Waals surface area (Å²) in [6.45, 7) is 12.5. The van der Waals surface area contributed by atoms with Crippen molar-refractivity contribution in [2.45, 2.75) is 98.5 Å². The topological polar surface area (TPSA) is 35.5 Å². The Bertz CT molecular complexity index is 735. The van der Waals surface area contributed by atoms with Gasteiger partial charge in [0.15, 0.2) is 0 Å². The summed E-state index contributed by atoms with van der Waals surface area (Å²) in [6.07, 6.45) is 15.7. The summed E-state index contributed by atoms with van der Waals surface area (Å²) in [5.74, 6) is 2.77. The van der Waals surface area contributed by atoms with Crippen LogP contribution in [0.3, 0.4) is 0 Å². The predicted molar refractivity (Wildman–Crippen MR) is 126 cm³/mol. The lowest BCUT2D eigenvalue weighted by molar-refractivity contribution is -0.156. The van der Waals surface area contributed by atoms with Crippen LogP contribution in [-0.4, -0.2) is 25.3 Å². The third kappa shape index (κ3) is 4.28. The first-order chi connectivity index (χ1) is 14.8. The van der Waals surface area contributed by atoms with Crippen molar-refractivity contribution in [1.29, 1.82) is 0 Å². The number of hydrogen-bond acceptors (Lipinski definition) is 3. The van der Waals surface area contributed by atoms with E-state index in [0.717, 1.165) is 37.5 Å². The minimum Gasteiger partial charge on any atom is -0.460 e. The summed E-state index contributed by atoms with van der Waals surface area (Å²) in [5.41, 5.74) is 4.04. The van der Waals surface area contributed by atoms with E-state index < -0.39 is 0 Å². The summed E-state index contributed by atoms with van der Waals surface area (Å²) in [4.78, 5) is 12.3. The van der Waals surface area contributed by atoms with Crippen LogP contribution in [0.2, 0.25) is 0 Å². The average molecular weight is 429 g/mol. The summed E-state index contributed by atoms with van der Waals surface area (Å²) < 4.78 is 11.3. The molecule has 3 fully saturated rings. The second-order valence-electron chi connectivity index (χ2n) is 11.7. The summed E-state index contributed by atoms with van der Waals surface area (Å²) >= 11 is 0. The number of hydrogen-bond donors (Lipinski definition) is 0. The van der Waals surface area contributed by atoms with Crippen LogP contribution < -0.4 is 0 Å². The zero-order valence-corrected chi connectivity index (χ0v) is 20.5. The highest BCUT2D eigenvalue weighted by molar-refractivity contribution is 5.71. The minimum absolute atomic E-state index is 0.0142. The molecule has 0 aromatic heterocycles. The van der Waals surface area contributed by atoms with E-state index in [0.29, 0.717) is 23.9 Å². The number of fused-ring (bicyclic) bond motifs is 5. The van der Waals surface area contributed by atoms with Crippen LogP contribution in [-0.2, 0) is 14.3 Å². The molecule has 0 aromatic carbocycles. The van der Waals surface area contributed by atoms with Gasteiger partial charge in [-0.1, -0.05) is 64.3 Å². The van der Waals surface area contributed by atoms with Gasteiger partial charge < -0.3 is 9.47 Å². The van der Waals surface area contributed by atoms with Gasteiger partial charge in [0.2, 0.25) is 0 Å². The molecule has 6 atom stereocenters. The van der Waals surface area contributed by atoms with Crippen molar-refractivity contribution in [2.75, 3.05) is 13.2 Å². The molecule has 3 nitrogen and oxygen atoms in total. The van der Waals surface area contributed by atoms with Gasteiger partial charge in [0.25, 0.3) is 0 Å². The molecule has 4 aliphatic rings. The maximum absolute atomic E-state index is 12.3. The first kappa shape index (κ1) is 23.1. The molecular weight excluding hydrogens is 384 g/mol. The smallest absolute Gasteiger partial charge is 0.332 e. The van der Waals surface area contributed by atoms with Gasteiger partial charge >= 0.3 is 5.97 Å². The van der Waals surface area contributed by atoms with E-state index in [1.807, 2.05) is 0 Å². The van der Waals surface area contributed by atoms with Crippen molar-refractivity contribution in [3.63, 3.8) is 0 Å². The molecule has 0 radical (unpaired) electrons. The standard InChI is InChI=1S/C28H44O3/c1-6-20-8-10-24-23-9-7-21-17-22(31-26(29)18-30-16-13-19(2)3)11-14-28(21,5)25(23)12-15-27(20,24)4/h7,9,19-20,22,24-25H,6,8,10-18H2,1-5H3/t20-,22-,24-,25-,27+,28-/m0/s1. The van der Waals surface area contributed by atoms with Crippen LogP contribution in [0.25, 0.3) is 0 Å². The third-order valence-corrected chi connectivity index (χ3v) is 9.57. The largest absolute Gasteiger partial charge is 0.460 e. The number of esters is 1. The molecule has 174 valence electrons. The van der Waals surface area contributed by atoms with E-state index in [1.54, 1.807) is 5.57 Å². The lowest BCUT2D eigenvalue weighted by Gasteiger charge is -2.54. The van der Waals surface area contributed by atoms with E-state index in [1.165, 1.54) is 37.7 Å². The Kier molecular flexibility index (Phi) is 6.73. The molecule has 4 rings (SSSR count). The summed E-state index contributed by atoms with van der Waals surface area (Å²) in [5, 5.41) is 0. The fraction of sp³-hybridized carbons (Fsp3) is 0.821. The van der Waals surface area contributed by atoms with E-state index in [-0.39, 0.29) is 24.1 Å². The Morgan fingerprint density at radius 3 is 2.65 bits per heavy atom. The maximum Gasteiger partial charge on any atom is 0.332 e. The second kappa shape index (κ2) is 9.04. The molecule has 0 heterocycles. The number of rotatable bonds is 7. The molecular formula is C28H44O3. The lowest BCUT2D eigenvalue weighted by Crippen LogP contribution is -2.46. The van der Waals surface area contributed by atoms with Crippen molar-refractivity contribution in [3.8, 4) is 0 Å². The molecule has 3 saturated carbocycles. The molecule has 0 amide bonds. The van der Waals surface area contributed by atoms with E-state index in [4.69, 9.17) is 9.47 Å². The highest BCUT2D eigenvalue weighted by atomic mass is 16.6. The zero-order valence-electron chi connectivity index (χ0n) is 20.5. The van der Waals surface area contributed by atoms with Crippen LogP contribution >= 0.6 is 0 Å². The predicted octanol–water partition coefficient (Wildman–Crippen LogP) is 6.87. The SMILES string of the molecule is CC[C@H]1CC[C@H]2C3=CC=C4C[C@@H](OC(=O)COCCC(C)C)CC[C@]4(C)[C@H]3CC[C@]12C. The Morgan fingerprint density at radius 2 is 1.90 bits per heavy atom. The van der Waals surface area contributed by atoms with Gasteiger partial charge in [-0.15, -0.1) is 0 Å². The molecule has 0 aromatic rings. The van der Waals surface area contributed by atoms with Crippen LogP contribution in [0.1, 0.15) is 92.4 Å². The first-order valence-electron chi connectivity index (χ1n) is 13.0. The van der Waals surface area contributed by atoms with Crippen LogP contribution in [0.5, 0.6) is 0 Å². The van der Waals surface area contributed by atoms with Crippen LogP contribution in [0.15, 0.2) is 23.3 Å². The fourth-order valence-electron chi connectivity index (χ4n) is 7.54. The van der Waals surface area contributed by atoms with Crippen molar-refractivity contribution in [1.82, 2.24) is 0 Å². The number of carbonyl (C=O) groups is 1. The number of ether oxygens (including phenoxy) is 2. The van der Waals surface area contributed by atoms with Gasteiger partial charge in [-0.2, -0.15) is 0 Å². The molecule has 0 spiro atoms. The Hall–Kier alpha value is -1.09.